The predicted octanol–water partition coefficient (Wildman–Crippen LogP) is 1.23. The van der Waals surface area contributed by atoms with Crippen LogP contribution in [0.2, 0.25) is 0 Å². The second-order valence-electron chi connectivity index (χ2n) is 2.75. The minimum absolute atomic E-state index is 0.630. The molecule has 0 saturated carbocycles. The molecular formula is C10H12N2O2. The molecular weight excluding hydrogens is 180 g/mol. The van der Waals surface area contributed by atoms with E-state index in [2.05, 4.69) is 0 Å². The van der Waals surface area contributed by atoms with Crippen LogP contribution in [0.5, 0.6) is 11.5 Å². The smallest absolute Gasteiger partial charge is 0.122 e. The highest BCUT2D eigenvalue weighted by molar-refractivity contribution is 5.41. The van der Waals surface area contributed by atoms with Crippen LogP contribution in [0.1, 0.15) is 11.6 Å². The first-order valence-corrected chi connectivity index (χ1v) is 4.09. The summed E-state index contributed by atoms with van der Waals surface area (Å²) >= 11 is 0. The third kappa shape index (κ3) is 2.15. The molecule has 1 aromatic rings. The lowest BCUT2D eigenvalue weighted by molar-refractivity contribution is 0.393. The lowest BCUT2D eigenvalue weighted by Gasteiger charge is -2.09. The molecule has 2 N–H and O–H groups in total. The van der Waals surface area contributed by atoms with E-state index in [4.69, 9.17) is 20.5 Å². The van der Waals surface area contributed by atoms with E-state index in [9.17, 15) is 0 Å². The van der Waals surface area contributed by atoms with Crippen LogP contribution in [0.15, 0.2) is 18.2 Å². The Morgan fingerprint density at radius 3 is 2.07 bits per heavy atom. The molecule has 1 aromatic carbocycles. The van der Waals surface area contributed by atoms with Crippen molar-refractivity contribution in [1.29, 1.82) is 5.26 Å². The summed E-state index contributed by atoms with van der Waals surface area (Å²) in [6, 6.07) is 6.46. The fourth-order valence-corrected chi connectivity index (χ4v) is 1.08. The lowest BCUT2D eigenvalue weighted by Crippen LogP contribution is -2.07. The molecule has 0 aliphatic carbocycles. The van der Waals surface area contributed by atoms with Crippen molar-refractivity contribution in [3.05, 3.63) is 23.8 Å². The molecule has 0 spiro atoms. The zero-order chi connectivity index (χ0) is 10.6. The molecule has 4 heteroatoms. The summed E-state index contributed by atoms with van der Waals surface area (Å²) in [5, 5.41) is 8.66. The molecule has 0 fully saturated rings. The molecule has 0 aliphatic rings. The largest absolute Gasteiger partial charge is 0.497 e. The van der Waals surface area contributed by atoms with Gasteiger partial charge in [-0.2, -0.15) is 5.26 Å². The molecule has 0 unspecified atom stereocenters. The Hall–Kier alpha value is -1.73. The fraction of sp³-hybridized carbons (Fsp3) is 0.300. The minimum Gasteiger partial charge on any atom is -0.497 e. The van der Waals surface area contributed by atoms with Crippen molar-refractivity contribution in [2.45, 2.75) is 6.04 Å². The Bertz CT molecular complexity index is 335. The topological polar surface area (TPSA) is 68.3 Å². The number of rotatable bonds is 3. The van der Waals surface area contributed by atoms with Crippen molar-refractivity contribution >= 4 is 0 Å². The van der Waals surface area contributed by atoms with Gasteiger partial charge in [-0.15, -0.1) is 0 Å². The summed E-state index contributed by atoms with van der Waals surface area (Å²) in [4.78, 5) is 0. The SMILES string of the molecule is COc1cc(OC)cc([C@@H](N)C#N)c1. The molecule has 0 aliphatic heterocycles. The van der Waals surface area contributed by atoms with Crippen LogP contribution < -0.4 is 15.2 Å². The van der Waals surface area contributed by atoms with Crippen molar-refractivity contribution < 1.29 is 9.47 Å². The number of ether oxygens (including phenoxy) is 2. The van der Waals surface area contributed by atoms with Crippen LogP contribution >= 0.6 is 0 Å². The van der Waals surface area contributed by atoms with Gasteiger partial charge in [0.25, 0.3) is 0 Å². The van der Waals surface area contributed by atoms with Crippen molar-refractivity contribution in [2.24, 2.45) is 5.73 Å². The molecule has 0 amide bonds. The number of nitriles is 1. The van der Waals surface area contributed by atoms with E-state index >= 15 is 0 Å². The Kier molecular flexibility index (Phi) is 3.32. The third-order valence-electron chi connectivity index (χ3n) is 1.87. The first-order valence-electron chi connectivity index (χ1n) is 4.09. The summed E-state index contributed by atoms with van der Waals surface area (Å²) in [6.07, 6.45) is 0. The molecule has 0 saturated heterocycles. The lowest BCUT2D eigenvalue weighted by atomic mass is 10.1. The molecule has 14 heavy (non-hydrogen) atoms. The maximum absolute atomic E-state index is 8.66. The van der Waals surface area contributed by atoms with E-state index in [1.165, 1.54) is 0 Å². The summed E-state index contributed by atoms with van der Waals surface area (Å²) in [5.41, 5.74) is 6.25. The number of hydrogen-bond acceptors (Lipinski definition) is 4. The molecule has 0 bridgehead atoms. The highest BCUT2D eigenvalue weighted by Crippen LogP contribution is 2.25. The van der Waals surface area contributed by atoms with Gasteiger partial charge in [0.05, 0.1) is 20.3 Å². The van der Waals surface area contributed by atoms with E-state index in [0.717, 1.165) is 0 Å². The van der Waals surface area contributed by atoms with Crippen LogP contribution in [0, 0.1) is 11.3 Å². The normalized spacial score (nSPS) is 11.6. The van der Waals surface area contributed by atoms with Gasteiger partial charge < -0.3 is 15.2 Å². The van der Waals surface area contributed by atoms with Crippen molar-refractivity contribution in [2.75, 3.05) is 14.2 Å². The second-order valence-corrected chi connectivity index (χ2v) is 2.75. The summed E-state index contributed by atoms with van der Waals surface area (Å²) in [5.74, 6) is 1.26. The molecule has 0 aromatic heterocycles. The zero-order valence-electron chi connectivity index (χ0n) is 8.15. The highest BCUT2D eigenvalue weighted by Gasteiger charge is 2.08. The maximum Gasteiger partial charge on any atom is 0.122 e. The molecule has 0 radical (unpaired) electrons. The van der Waals surface area contributed by atoms with Gasteiger partial charge in [-0.1, -0.05) is 0 Å². The Balaban J connectivity index is 3.12. The maximum atomic E-state index is 8.66. The van der Waals surface area contributed by atoms with Crippen LogP contribution in [0.25, 0.3) is 0 Å². The van der Waals surface area contributed by atoms with Crippen LogP contribution in [-0.2, 0) is 0 Å². The van der Waals surface area contributed by atoms with Gasteiger partial charge in [-0.3, -0.25) is 0 Å². The van der Waals surface area contributed by atoms with Gasteiger partial charge in [-0.25, -0.2) is 0 Å². The number of methoxy groups -OCH3 is 2. The number of nitrogens with two attached hydrogens (primary N) is 1. The monoisotopic (exact) mass is 192 g/mol. The van der Waals surface area contributed by atoms with Gasteiger partial charge in [-0.05, 0) is 17.7 Å². The summed E-state index contributed by atoms with van der Waals surface area (Å²) in [6.45, 7) is 0. The second kappa shape index (κ2) is 4.49. The minimum atomic E-state index is -0.654. The zero-order valence-corrected chi connectivity index (χ0v) is 8.15. The van der Waals surface area contributed by atoms with E-state index in [1.54, 1.807) is 32.4 Å². The fourth-order valence-electron chi connectivity index (χ4n) is 1.08. The van der Waals surface area contributed by atoms with Crippen molar-refractivity contribution in [3.63, 3.8) is 0 Å². The molecule has 1 rings (SSSR count). The van der Waals surface area contributed by atoms with Crippen LogP contribution in [0.4, 0.5) is 0 Å². The Morgan fingerprint density at radius 2 is 1.71 bits per heavy atom. The van der Waals surface area contributed by atoms with E-state index < -0.39 is 6.04 Å². The van der Waals surface area contributed by atoms with Crippen molar-refractivity contribution in [3.8, 4) is 17.6 Å². The standard InChI is InChI=1S/C10H12N2O2/c1-13-8-3-7(10(12)6-11)4-9(5-8)14-2/h3-5,10H,12H2,1-2H3/t10-/m0/s1. The number of benzene rings is 1. The number of hydrogen-bond donors (Lipinski definition) is 1. The first-order chi connectivity index (χ1) is 6.71. The molecule has 74 valence electrons. The van der Waals surface area contributed by atoms with Gasteiger partial charge in [0.1, 0.15) is 17.5 Å². The van der Waals surface area contributed by atoms with E-state index in [-0.39, 0.29) is 0 Å². The molecule has 0 heterocycles. The highest BCUT2D eigenvalue weighted by atomic mass is 16.5. The third-order valence-corrected chi connectivity index (χ3v) is 1.87. The van der Waals surface area contributed by atoms with Gasteiger partial charge in [0.15, 0.2) is 0 Å². The van der Waals surface area contributed by atoms with Gasteiger partial charge >= 0.3 is 0 Å². The summed E-state index contributed by atoms with van der Waals surface area (Å²) in [7, 11) is 3.10. The predicted molar refractivity (Wildman–Crippen MR) is 52.1 cm³/mol. The first kappa shape index (κ1) is 10.4. The van der Waals surface area contributed by atoms with Crippen LogP contribution in [-0.4, -0.2) is 14.2 Å². The van der Waals surface area contributed by atoms with E-state index in [0.29, 0.717) is 17.1 Å². The average molecular weight is 192 g/mol. The van der Waals surface area contributed by atoms with Crippen molar-refractivity contribution in [1.82, 2.24) is 0 Å². The molecule has 1 atom stereocenters. The van der Waals surface area contributed by atoms with Gasteiger partial charge in [0, 0.05) is 6.07 Å². The molecule has 4 nitrogen and oxygen atoms in total. The Morgan fingerprint density at radius 1 is 1.21 bits per heavy atom. The van der Waals surface area contributed by atoms with E-state index in [1.807, 2.05) is 6.07 Å². The quantitative estimate of drug-likeness (QED) is 0.782. The van der Waals surface area contributed by atoms with Gasteiger partial charge in [0.2, 0.25) is 0 Å². The average Bonchev–Trinajstić information content (AvgIpc) is 2.27. The van der Waals surface area contributed by atoms with Crippen LogP contribution in [0.3, 0.4) is 0 Å². The summed E-state index contributed by atoms with van der Waals surface area (Å²) < 4.78 is 10.1. The number of nitrogens with zero attached hydrogens (tertiary/aromatic N) is 1. The Labute approximate surface area is 82.9 Å².